The number of hydrogen-bond acceptors (Lipinski definition) is 3. The Morgan fingerprint density at radius 3 is 2.58 bits per heavy atom. The molecule has 3 rings (SSSR count). The summed E-state index contributed by atoms with van der Waals surface area (Å²) in [5, 5.41) is 5.99. The molecule has 2 amide bonds. The Bertz CT molecular complexity index is 792. The number of nitrogens with zero attached hydrogens (tertiary/aromatic N) is 1. The van der Waals surface area contributed by atoms with E-state index >= 15 is 0 Å². The van der Waals surface area contributed by atoms with E-state index < -0.39 is 0 Å². The fourth-order valence-corrected chi connectivity index (χ4v) is 3.18. The summed E-state index contributed by atoms with van der Waals surface area (Å²) in [5.41, 5.74) is 1.98. The fourth-order valence-electron chi connectivity index (χ4n) is 3.18. The number of anilines is 2. The summed E-state index contributed by atoms with van der Waals surface area (Å²) in [6, 6.07) is 13.3. The number of amides is 2. The van der Waals surface area contributed by atoms with Gasteiger partial charge in [-0.2, -0.15) is 0 Å². The van der Waals surface area contributed by atoms with E-state index in [1.165, 1.54) is 19.1 Å². The number of carbonyl (C=O) groups excluding carboxylic acids is 2. The van der Waals surface area contributed by atoms with Crippen LogP contribution in [0.15, 0.2) is 48.5 Å². The lowest BCUT2D eigenvalue weighted by molar-refractivity contribution is -0.114. The van der Waals surface area contributed by atoms with Gasteiger partial charge in [0.1, 0.15) is 5.82 Å². The molecule has 2 aromatic carbocycles. The van der Waals surface area contributed by atoms with Gasteiger partial charge in [0.05, 0.1) is 0 Å². The molecule has 0 aliphatic carbocycles. The van der Waals surface area contributed by atoms with E-state index in [4.69, 9.17) is 0 Å². The maximum absolute atomic E-state index is 13.3. The highest BCUT2D eigenvalue weighted by Gasteiger charge is 2.24. The van der Waals surface area contributed by atoms with Crippen LogP contribution in [0.2, 0.25) is 0 Å². The highest BCUT2D eigenvalue weighted by Crippen LogP contribution is 2.19. The monoisotopic (exact) mass is 355 g/mol. The van der Waals surface area contributed by atoms with Gasteiger partial charge < -0.3 is 15.5 Å². The van der Waals surface area contributed by atoms with Crippen LogP contribution in [0.3, 0.4) is 0 Å². The minimum absolute atomic E-state index is 0.0369. The van der Waals surface area contributed by atoms with Gasteiger partial charge in [-0.25, -0.2) is 4.39 Å². The second-order valence-electron chi connectivity index (χ2n) is 6.50. The molecule has 0 saturated carbocycles. The molecule has 136 valence electrons. The van der Waals surface area contributed by atoms with Crippen molar-refractivity contribution in [1.29, 1.82) is 0 Å². The van der Waals surface area contributed by atoms with E-state index in [0.717, 1.165) is 18.5 Å². The maximum Gasteiger partial charge on any atom is 0.253 e. The Hall–Kier alpha value is -2.89. The lowest BCUT2D eigenvalue weighted by Gasteiger charge is -2.33. The van der Waals surface area contributed by atoms with Gasteiger partial charge in [-0.1, -0.05) is 6.07 Å². The highest BCUT2D eigenvalue weighted by molar-refractivity contribution is 5.95. The number of nitrogens with one attached hydrogen (secondary N) is 2. The molecule has 0 spiro atoms. The molecule has 6 heteroatoms. The molecule has 2 aromatic rings. The van der Waals surface area contributed by atoms with Crippen molar-refractivity contribution in [3.63, 3.8) is 0 Å². The quantitative estimate of drug-likeness (QED) is 0.882. The minimum Gasteiger partial charge on any atom is -0.380 e. The van der Waals surface area contributed by atoms with Crippen molar-refractivity contribution >= 4 is 23.2 Å². The lowest BCUT2D eigenvalue weighted by atomic mass is 10.0. The highest BCUT2D eigenvalue weighted by atomic mass is 19.1. The number of rotatable bonds is 4. The zero-order valence-electron chi connectivity index (χ0n) is 14.7. The average Bonchev–Trinajstić information content (AvgIpc) is 2.61. The smallest absolute Gasteiger partial charge is 0.253 e. The molecular weight excluding hydrogens is 333 g/mol. The van der Waals surface area contributed by atoms with Crippen LogP contribution in [-0.4, -0.2) is 35.8 Å². The molecule has 1 unspecified atom stereocenters. The molecule has 0 aromatic heterocycles. The fraction of sp³-hybridized carbons (Fsp3) is 0.300. The van der Waals surface area contributed by atoms with E-state index in [1.54, 1.807) is 30.3 Å². The molecule has 5 nitrogen and oxygen atoms in total. The minimum atomic E-state index is -0.280. The third-order valence-corrected chi connectivity index (χ3v) is 4.36. The summed E-state index contributed by atoms with van der Waals surface area (Å²) in [5.74, 6) is -0.463. The SMILES string of the molecule is CC(=O)Nc1ccc(C(=O)N2CCCC(Nc3cccc(F)c3)C2)cc1. The largest absolute Gasteiger partial charge is 0.380 e. The van der Waals surface area contributed by atoms with Crippen LogP contribution in [-0.2, 0) is 4.79 Å². The van der Waals surface area contributed by atoms with E-state index in [-0.39, 0.29) is 23.7 Å². The van der Waals surface area contributed by atoms with E-state index in [1.807, 2.05) is 11.0 Å². The third kappa shape index (κ3) is 4.59. The van der Waals surface area contributed by atoms with Gasteiger partial charge in [-0.3, -0.25) is 9.59 Å². The molecule has 1 saturated heterocycles. The van der Waals surface area contributed by atoms with Gasteiger partial charge in [-0.05, 0) is 55.3 Å². The van der Waals surface area contributed by atoms with Gasteiger partial charge in [0.15, 0.2) is 0 Å². The van der Waals surface area contributed by atoms with Crippen molar-refractivity contribution in [2.45, 2.75) is 25.8 Å². The van der Waals surface area contributed by atoms with Crippen molar-refractivity contribution in [1.82, 2.24) is 4.90 Å². The van der Waals surface area contributed by atoms with Crippen molar-refractivity contribution in [2.24, 2.45) is 0 Å². The first-order valence-electron chi connectivity index (χ1n) is 8.70. The standard InChI is InChI=1S/C20H22FN3O2/c1-14(25)22-17-9-7-15(8-10-17)20(26)24-11-3-6-19(13-24)23-18-5-2-4-16(21)12-18/h2,4-5,7-10,12,19,23H,3,6,11,13H2,1H3,(H,22,25). The Labute approximate surface area is 152 Å². The second kappa shape index (κ2) is 7.99. The predicted octanol–water partition coefficient (Wildman–Crippen LogP) is 3.50. The number of halogens is 1. The Morgan fingerprint density at radius 2 is 1.88 bits per heavy atom. The van der Waals surface area contributed by atoms with Gasteiger partial charge in [0.25, 0.3) is 5.91 Å². The lowest BCUT2D eigenvalue weighted by Crippen LogP contribution is -2.45. The molecule has 0 radical (unpaired) electrons. The Morgan fingerprint density at radius 1 is 1.12 bits per heavy atom. The summed E-state index contributed by atoms with van der Waals surface area (Å²) in [7, 11) is 0. The zero-order chi connectivity index (χ0) is 18.5. The van der Waals surface area contributed by atoms with E-state index in [9.17, 15) is 14.0 Å². The van der Waals surface area contributed by atoms with Crippen LogP contribution in [0, 0.1) is 5.82 Å². The maximum atomic E-state index is 13.3. The molecule has 1 fully saturated rings. The average molecular weight is 355 g/mol. The van der Waals surface area contributed by atoms with Gasteiger partial charge in [0, 0.05) is 43.0 Å². The molecule has 1 aliphatic heterocycles. The van der Waals surface area contributed by atoms with Crippen molar-refractivity contribution < 1.29 is 14.0 Å². The number of likely N-dealkylation sites (tertiary alicyclic amines) is 1. The summed E-state index contributed by atoms with van der Waals surface area (Å²) >= 11 is 0. The summed E-state index contributed by atoms with van der Waals surface area (Å²) in [6.07, 6.45) is 1.82. The predicted molar refractivity (Wildman–Crippen MR) is 99.7 cm³/mol. The molecule has 2 N–H and O–H groups in total. The first kappa shape index (κ1) is 17.9. The van der Waals surface area contributed by atoms with Crippen molar-refractivity contribution in [2.75, 3.05) is 23.7 Å². The second-order valence-corrected chi connectivity index (χ2v) is 6.50. The molecule has 1 heterocycles. The number of carbonyl (C=O) groups is 2. The third-order valence-electron chi connectivity index (χ3n) is 4.36. The van der Waals surface area contributed by atoms with Crippen LogP contribution in [0.25, 0.3) is 0 Å². The number of benzene rings is 2. The van der Waals surface area contributed by atoms with Gasteiger partial charge in [0.2, 0.25) is 5.91 Å². The first-order chi connectivity index (χ1) is 12.5. The van der Waals surface area contributed by atoms with Crippen LogP contribution in [0.4, 0.5) is 15.8 Å². The van der Waals surface area contributed by atoms with Crippen molar-refractivity contribution in [3.8, 4) is 0 Å². The van der Waals surface area contributed by atoms with Crippen LogP contribution in [0.1, 0.15) is 30.1 Å². The van der Waals surface area contributed by atoms with Crippen LogP contribution >= 0.6 is 0 Å². The molecule has 0 bridgehead atoms. The van der Waals surface area contributed by atoms with Gasteiger partial charge >= 0.3 is 0 Å². The van der Waals surface area contributed by atoms with E-state index in [0.29, 0.717) is 24.3 Å². The summed E-state index contributed by atoms with van der Waals surface area (Å²) in [4.78, 5) is 25.6. The molecule has 1 atom stereocenters. The van der Waals surface area contributed by atoms with E-state index in [2.05, 4.69) is 10.6 Å². The first-order valence-corrected chi connectivity index (χ1v) is 8.70. The summed E-state index contributed by atoms with van der Waals surface area (Å²) in [6.45, 7) is 2.72. The Balaban J connectivity index is 1.63. The summed E-state index contributed by atoms with van der Waals surface area (Å²) < 4.78 is 13.3. The van der Waals surface area contributed by atoms with Crippen LogP contribution < -0.4 is 10.6 Å². The number of piperidine rings is 1. The topological polar surface area (TPSA) is 61.4 Å². The normalized spacial score (nSPS) is 16.8. The van der Waals surface area contributed by atoms with Crippen LogP contribution in [0.5, 0.6) is 0 Å². The Kier molecular flexibility index (Phi) is 5.51. The molecule has 26 heavy (non-hydrogen) atoms. The molecular formula is C20H22FN3O2. The zero-order valence-corrected chi connectivity index (χ0v) is 14.7. The van der Waals surface area contributed by atoms with Gasteiger partial charge in [-0.15, -0.1) is 0 Å². The molecule has 1 aliphatic rings. The van der Waals surface area contributed by atoms with Crippen molar-refractivity contribution in [3.05, 3.63) is 59.9 Å². The number of hydrogen-bond donors (Lipinski definition) is 2.